The molecule has 98 valence electrons. The van der Waals surface area contributed by atoms with Gasteiger partial charge in [0.2, 0.25) is 5.91 Å². The van der Waals surface area contributed by atoms with Crippen LogP contribution in [0, 0.1) is 0 Å². The molecule has 17 heavy (non-hydrogen) atoms. The molecule has 5 nitrogen and oxygen atoms in total. The molecule has 1 heterocycles. The van der Waals surface area contributed by atoms with Gasteiger partial charge in [0.25, 0.3) is 0 Å². The van der Waals surface area contributed by atoms with Crippen LogP contribution in [0.1, 0.15) is 34.1 Å². The fourth-order valence-corrected chi connectivity index (χ4v) is 1.78. The van der Waals surface area contributed by atoms with E-state index < -0.39 is 0 Å². The monoisotopic (exact) mass is 241 g/mol. The molecule has 5 heteroatoms. The fourth-order valence-electron chi connectivity index (χ4n) is 1.78. The maximum Gasteiger partial charge on any atom is 0.317 e. The topological polar surface area (TPSA) is 52.7 Å². The zero-order valence-corrected chi connectivity index (χ0v) is 11.2. The number of piperazine rings is 1. The average Bonchev–Trinajstić information content (AvgIpc) is 2.26. The van der Waals surface area contributed by atoms with Crippen LogP contribution in [0.5, 0.6) is 0 Å². The van der Waals surface area contributed by atoms with Crippen molar-refractivity contribution in [1.82, 2.24) is 15.1 Å². The molecule has 0 aromatic heterocycles. The van der Waals surface area contributed by atoms with Gasteiger partial charge >= 0.3 is 6.03 Å². The molecule has 1 aliphatic rings. The summed E-state index contributed by atoms with van der Waals surface area (Å²) in [5.74, 6) is 0.167. The van der Waals surface area contributed by atoms with Crippen molar-refractivity contribution >= 4 is 11.9 Å². The number of urea groups is 1. The molecule has 0 spiro atoms. The van der Waals surface area contributed by atoms with Crippen LogP contribution in [0.3, 0.4) is 0 Å². The lowest BCUT2D eigenvalue weighted by atomic mass is 10.1. The Morgan fingerprint density at radius 1 is 1.06 bits per heavy atom. The van der Waals surface area contributed by atoms with Gasteiger partial charge in [-0.3, -0.25) is 4.79 Å². The second-order valence-corrected chi connectivity index (χ2v) is 5.40. The number of hydrogen-bond donors (Lipinski definition) is 1. The maximum absolute atomic E-state index is 11.9. The number of nitrogens with zero attached hydrogens (tertiary/aromatic N) is 2. The SMILES string of the molecule is CCC(=O)N1CCN(C(=O)NC(C)(C)C)CC1. The van der Waals surface area contributed by atoms with E-state index in [2.05, 4.69) is 5.32 Å². The van der Waals surface area contributed by atoms with E-state index in [1.54, 1.807) is 4.90 Å². The molecule has 0 bridgehead atoms. The third kappa shape index (κ3) is 4.24. The molecule has 0 atom stereocenters. The summed E-state index contributed by atoms with van der Waals surface area (Å²) in [4.78, 5) is 26.9. The molecule has 1 fully saturated rings. The molecule has 0 unspecified atom stereocenters. The van der Waals surface area contributed by atoms with Gasteiger partial charge in [-0.05, 0) is 20.8 Å². The minimum Gasteiger partial charge on any atom is -0.339 e. The smallest absolute Gasteiger partial charge is 0.317 e. The van der Waals surface area contributed by atoms with E-state index in [-0.39, 0.29) is 17.5 Å². The van der Waals surface area contributed by atoms with Crippen molar-refractivity contribution < 1.29 is 9.59 Å². The normalized spacial score (nSPS) is 16.9. The number of amides is 3. The molecular weight excluding hydrogens is 218 g/mol. The molecule has 1 rings (SSSR count). The molecule has 0 aromatic carbocycles. The van der Waals surface area contributed by atoms with Gasteiger partial charge in [-0.1, -0.05) is 6.92 Å². The molecule has 1 N–H and O–H groups in total. The van der Waals surface area contributed by atoms with Gasteiger partial charge < -0.3 is 15.1 Å². The Hall–Kier alpha value is -1.26. The van der Waals surface area contributed by atoms with Crippen molar-refractivity contribution in [2.24, 2.45) is 0 Å². The zero-order valence-electron chi connectivity index (χ0n) is 11.2. The van der Waals surface area contributed by atoms with Crippen LogP contribution in [-0.2, 0) is 4.79 Å². The summed E-state index contributed by atoms with van der Waals surface area (Å²) in [6.45, 7) is 10.3. The summed E-state index contributed by atoms with van der Waals surface area (Å²) in [6.07, 6.45) is 0.536. The van der Waals surface area contributed by atoms with E-state index >= 15 is 0 Å². The van der Waals surface area contributed by atoms with E-state index in [4.69, 9.17) is 0 Å². The predicted octanol–water partition coefficient (Wildman–Crippen LogP) is 1.05. The Bertz CT molecular complexity index is 289. The highest BCUT2D eigenvalue weighted by molar-refractivity contribution is 5.77. The lowest BCUT2D eigenvalue weighted by molar-refractivity contribution is -0.132. The Labute approximate surface area is 103 Å². The van der Waals surface area contributed by atoms with Gasteiger partial charge in [-0.15, -0.1) is 0 Å². The van der Waals surface area contributed by atoms with Crippen LogP contribution in [0.4, 0.5) is 4.79 Å². The highest BCUT2D eigenvalue weighted by Crippen LogP contribution is 2.06. The molecule has 0 radical (unpaired) electrons. The fraction of sp³-hybridized carbons (Fsp3) is 0.833. The number of rotatable bonds is 1. The quantitative estimate of drug-likeness (QED) is 0.746. The lowest BCUT2D eigenvalue weighted by Gasteiger charge is -2.36. The van der Waals surface area contributed by atoms with Crippen LogP contribution in [0.25, 0.3) is 0 Å². The molecule has 1 aliphatic heterocycles. The van der Waals surface area contributed by atoms with Gasteiger partial charge in [0.1, 0.15) is 0 Å². The van der Waals surface area contributed by atoms with E-state index in [1.165, 1.54) is 0 Å². The van der Waals surface area contributed by atoms with E-state index in [0.29, 0.717) is 32.6 Å². The largest absolute Gasteiger partial charge is 0.339 e. The first-order chi connectivity index (χ1) is 7.83. The summed E-state index contributed by atoms with van der Waals surface area (Å²) in [7, 11) is 0. The molecule has 3 amide bonds. The van der Waals surface area contributed by atoms with Crippen molar-refractivity contribution in [3.63, 3.8) is 0 Å². The molecule has 1 saturated heterocycles. The lowest BCUT2D eigenvalue weighted by Crippen LogP contribution is -2.55. The second kappa shape index (κ2) is 5.38. The highest BCUT2D eigenvalue weighted by atomic mass is 16.2. The Morgan fingerprint density at radius 2 is 1.53 bits per heavy atom. The van der Waals surface area contributed by atoms with Crippen molar-refractivity contribution in [2.45, 2.75) is 39.7 Å². The van der Waals surface area contributed by atoms with Crippen molar-refractivity contribution in [3.8, 4) is 0 Å². The maximum atomic E-state index is 11.9. The minimum absolute atomic E-state index is 0.0407. The standard InChI is InChI=1S/C12H23N3O2/c1-5-10(16)14-6-8-15(9-7-14)11(17)13-12(2,3)4/h5-9H2,1-4H3,(H,13,17). The first-order valence-corrected chi connectivity index (χ1v) is 6.18. The van der Waals surface area contributed by atoms with Gasteiger partial charge in [0, 0.05) is 38.1 Å². The van der Waals surface area contributed by atoms with Crippen molar-refractivity contribution in [1.29, 1.82) is 0 Å². The summed E-state index contributed by atoms with van der Waals surface area (Å²) >= 11 is 0. The third-order valence-corrected chi connectivity index (χ3v) is 2.70. The van der Waals surface area contributed by atoms with Crippen molar-refractivity contribution in [2.75, 3.05) is 26.2 Å². The van der Waals surface area contributed by atoms with Gasteiger partial charge in [0.05, 0.1) is 0 Å². The average molecular weight is 241 g/mol. The summed E-state index contributed by atoms with van der Waals surface area (Å²) in [6, 6.07) is -0.0407. The number of nitrogens with one attached hydrogen (secondary N) is 1. The van der Waals surface area contributed by atoms with Crippen LogP contribution >= 0.6 is 0 Å². The molecule has 0 aromatic rings. The summed E-state index contributed by atoms with van der Waals surface area (Å²) in [5, 5.41) is 2.93. The van der Waals surface area contributed by atoms with Crippen molar-refractivity contribution in [3.05, 3.63) is 0 Å². The third-order valence-electron chi connectivity index (χ3n) is 2.70. The number of hydrogen-bond acceptors (Lipinski definition) is 2. The Kier molecular flexibility index (Phi) is 4.37. The van der Waals surface area contributed by atoms with Crippen LogP contribution in [0.15, 0.2) is 0 Å². The first kappa shape index (κ1) is 13.8. The highest BCUT2D eigenvalue weighted by Gasteiger charge is 2.25. The van der Waals surface area contributed by atoms with E-state index in [9.17, 15) is 9.59 Å². The van der Waals surface area contributed by atoms with Gasteiger partial charge in [0.15, 0.2) is 0 Å². The molecule has 0 saturated carbocycles. The zero-order chi connectivity index (χ0) is 13.1. The number of carbonyl (C=O) groups excluding carboxylic acids is 2. The summed E-state index contributed by atoms with van der Waals surface area (Å²) in [5.41, 5.74) is -0.215. The van der Waals surface area contributed by atoms with Gasteiger partial charge in [-0.25, -0.2) is 4.79 Å². The Morgan fingerprint density at radius 3 is 1.94 bits per heavy atom. The van der Waals surface area contributed by atoms with Crippen LogP contribution < -0.4 is 5.32 Å². The number of carbonyl (C=O) groups is 2. The predicted molar refractivity (Wildman–Crippen MR) is 66.7 cm³/mol. The van der Waals surface area contributed by atoms with Crippen LogP contribution in [0.2, 0.25) is 0 Å². The molecular formula is C12H23N3O2. The van der Waals surface area contributed by atoms with E-state index in [0.717, 1.165) is 0 Å². The molecule has 0 aliphatic carbocycles. The minimum atomic E-state index is -0.215. The summed E-state index contributed by atoms with van der Waals surface area (Å²) < 4.78 is 0. The van der Waals surface area contributed by atoms with E-state index in [1.807, 2.05) is 32.6 Å². The Balaban J connectivity index is 2.42. The van der Waals surface area contributed by atoms with Crippen LogP contribution in [-0.4, -0.2) is 53.5 Å². The second-order valence-electron chi connectivity index (χ2n) is 5.40. The van der Waals surface area contributed by atoms with Gasteiger partial charge in [-0.2, -0.15) is 0 Å². The first-order valence-electron chi connectivity index (χ1n) is 6.18.